The number of nitrogens with zero attached hydrogens (tertiary/aromatic N) is 3. The Morgan fingerprint density at radius 2 is 2.40 bits per heavy atom. The summed E-state index contributed by atoms with van der Waals surface area (Å²) in [6, 6.07) is 2.76. The molecule has 2 aliphatic heterocycles. The zero-order valence-electron chi connectivity index (χ0n) is 8.93. The van der Waals surface area contributed by atoms with Crippen molar-refractivity contribution in [2.24, 2.45) is 0 Å². The van der Waals surface area contributed by atoms with Crippen molar-refractivity contribution in [2.45, 2.75) is 25.4 Å². The molecule has 0 N–H and O–H groups in total. The molecule has 4 heteroatoms. The Kier molecular flexibility index (Phi) is 2.46. The fourth-order valence-corrected chi connectivity index (χ4v) is 2.75. The monoisotopic (exact) mass is 207 g/mol. The first-order valence-corrected chi connectivity index (χ1v) is 5.77. The van der Waals surface area contributed by atoms with Crippen molar-refractivity contribution in [2.75, 3.05) is 26.2 Å². The highest BCUT2D eigenvalue weighted by Crippen LogP contribution is 2.22. The molecule has 1 unspecified atom stereocenters. The van der Waals surface area contributed by atoms with Gasteiger partial charge in [-0.3, -0.25) is 9.80 Å². The van der Waals surface area contributed by atoms with Gasteiger partial charge in [0, 0.05) is 38.3 Å². The van der Waals surface area contributed by atoms with Crippen LogP contribution in [0.25, 0.3) is 0 Å². The van der Waals surface area contributed by atoms with Crippen LogP contribution in [0.5, 0.6) is 0 Å². The fraction of sp³-hybridized carbons (Fsp3) is 0.727. The first-order chi connectivity index (χ1) is 7.42. The van der Waals surface area contributed by atoms with Crippen molar-refractivity contribution in [3.8, 4) is 0 Å². The van der Waals surface area contributed by atoms with E-state index in [4.69, 9.17) is 4.52 Å². The maximum Gasteiger partial charge on any atom is 0.124 e. The van der Waals surface area contributed by atoms with Crippen LogP contribution in [0.4, 0.5) is 0 Å². The summed E-state index contributed by atoms with van der Waals surface area (Å²) in [5, 5.41) is 3.97. The molecule has 0 amide bonds. The lowest BCUT2D eigenvalue weighted by atomic mass is 10.1. The predicted molar refractivity (Wildman–Crippen MR) is 56.4 cm³/mol. The summed E-state index contributed by atoms with van der Waals surface area (Å²) in [7, 11) is 0. The van der Waals surface area contributed by atoms with E-state index >= 15 is 0 Å². The van der Waals surface area contributed by atoms with Crippen molar-refractivity contribution in [3.05, 3.63) is 18.0 Å². The van der Waals surface area contributed by atoms with Crippen LogP contribution in [0.2, 0.25) is 0 Å². The summed E-state index contributed by atoms with van der Waals surface area (Å²) in [6.45, 7) is 5.85. The van der Waals surface area contributed by atoms with Gasteiger partial charge in [-0.15, -0.1) is 0 Å². The van der Waals surface area contributed by atoms with Crippen molar-refractivity contribution in [3.63, 3.8) is 0 Å². The Bertz CT molecular complexity index is 312. The number of hydrogen-bond acceptors (Lipinski definition) is 4. The average Bonchev–Trinajstić information content (AvgIpc) is 2.87. The van der Waals surface area contributed by atoms with Gasteiger partial charge in [-0.25, -0.2) is 0 Å². The lowest BCUT2D eigenvalue weighted by molar-refractivity contribution is 0.0976. The first kappa shape index (κ1) is 9.36. The highest BCUT2D eigenvalue weighted by Gasteiger charge is 2.30. The molecule has 4 nitrogen and oxygen atoms in total. The molecule has 0 aliphatic carbocycles. The largest absolute Gasteiger partial charge is 0.364 e. The number of hydrogen-bond donors (Lipinski definition) is 0. The smallest absolute Gasteiger partial charge is 0.124 e. The number of aromatic nitrogens is 1. The van der Waals surface area contributed by atoms with E-state index in [9.17, 15) is 0 Å². The SMILES string of the molecule is c1cc(CN2CCN3CCCC3C2)no1. The minimum absolute atomic E-state index is 0.797. The van der Waals surface area contributed by atoms with E-state index in [1.165, 1.54) is 39.0 Å². The van der Waals surface area contributed by atoms with Gasteiger partial charge >= 0.3 is 0 Å². The van der Waals surface area contributed by atoms with Crippen LogP contribution in [0.1, 0.15) is 18.5 Å². The zero-order chi connectivity index (χ0) is 10.1. The molecule has 3 heterocycles. The standard InChI is InChI=1S/C11H17N3O/c1-2-11-9-13(5-6-14(11)4-1)8-10-3-7-15-12-10/h3,7,11H,1-2,4-6,8-9H2. The maximum atomic E-state index is 4.86. The van der Waals surface area contributed by atoms with Crippen molar-refractivity contribution in [1.29, 1.82) is 0 Å². The van der Waals surface area contributed by atoms with Gasteiger partial charge < -0.3 is 4.52 Å². The Labute approximate surface area is 89.8 Å². The second-order valence-corrected chi connectivity index (χ2v) is 4.56. The van der Waals surface area contributed by atoms with Gasteiger partial charge in [0.1, 0.15) is 6.26 Å². The molecule has 0 saturated carbocycles. The topological polar surface area (TPSA) is 32.5 Å². The lowest BCUT2D eigenvalue weighted by Crippen LogP contribution is -2.49. The molecule has 1 aromatic rings. The number of rotatable bonds is 2. The quantitative estimate of drug-likeness (QED) is 0.723. The van der Waals surface area contributed by atoms with Crippen LogP contribution in [-0.4, -0.2) is 47.2 Å². The molecule has 1 atom stereocenters. The Morgan fingerprint density at radius 3 is 3.27 bits per heavy atom. The third-order valence-electron chi connectivity index (χ3n) is 3.55. The van der Waals surface area contributed by atoms with E-state index < -0.39 is 0 Å². The fourth-order valence-electron chi connectivity index (χ4n) is 2.75. The molecule has 0 radical (unpaired) electrons. The molecule has 2 saturated heterocycles. The highest BCUT2D eigenvalue weighted by atomic mass is 16.5. The summed E-state index contributed by atoms with van der Waals surface area (Å²) in [4.78, 5) is 5.11. The lowest BCUT2D eigenvalue weighted by Gasteiger charge is -2.37. The molecule has 0 aromatic carbocycles. The third kappa shape index (κ3) is 1.92. The highest BCUT2D eigenvalue weighted by molar-refractivity contribution is 4.97. The van der Waals surface area contributed by atoms with Crippen LogP contribution in [0.3, 0.4) is 0 Å². The Balaban J connectivity index is 1.59. The van der Waals surface area contributed by atoms with E-state index in [0.717, 1.165) is 18.3 Å². The van der Waals surface area contributed by atoms with Crippen molar-refractivity contribution >= 4 is 0 Å². The summed E-state index contributed by atoms with van der Waals surface area (Å²) in [5.74, 6) is 0. The Hall–Kier alpha value is -0.870. The van der Waals surface area contributed by atoms with Crippen LogP contribution in [-0.2, 0) is 6.54 Å². The normalized spacial score (nSPS) is 28.1. The van der Waals surface area contributed by atoms with Crippen molar-refractivity contribution < 1.29 is 4.52 Å². The minimum atomic E-state index is 0.797. The van der Waals surface area contributed by atoms with Gasteiger partial charge in [-0.1, -0.05) is 5.16 Å². The molecule has 0 bridgehead atoms. The van der Waals surface area contributed by atoms with Gasteiger partial charge in [0.2, 0.25) is 0 Å². The van der Waals surface area contributed by atoms with E-state index in [-0.39, 0.29) is 0 Å². The van der Waals surface area contributed by atoms with Gasteiger partial charge in [-0.05, 0) is 19.4 Å². The first-order valence-electron chi connectivity index (χ1n) is 5.77. The summed E-state index contributed by atoms with van der Waals surface area (Å²) >= 11 is 0. The van der Waals surface area contributed by atoms with Gasteiger partial charge in [0.25, 0.3) is 0 Å². The van der Waals surface area contributed by atoms with E-state index in [2.05, 4.69) is 15.0 Å². The molecular formula is C11H17N3O. The van der Waals surface area contributed by atoms with E-state index in [1.54, 1.807) is 6.26 Å². The third-order valence-corrected chi connectivity index (χ3v) is 3.55. The molecule has 15 heavy (non-hydrogen) atoms. The second kappa shape index (κ2) is 3.94. The minimum Gasteiger partial charge on any atom is -0.364 e. The van der Waals surface area contributed by atoms with Gasteiger partial charge in [0.15, 0.2) is 0 Å². The summed E-state index contributed by atoms with van der Waals surface area (Å²) < 4.78 is 4.86. The zero-order valence-corrected chi connectivity index (χ0v) is 8.93. The molecule has 0 spiro atoms. The van der Waals surface area contributed by atoms with Crippen LogP contribution in [0, 0.1) is 0 Å². The second-order valence-electron chi connectivity index (χ2n) is 4.56. The van der Waals surface area contributed by atoms with Gasteiger partial charge in [-0.2, -0.15) is 0 Å². The van der Waals surface area contributed by atoms with E-state index in [0.29, 0.717) is 0 Å². The maximum absolute atomic E-state index is 4.86. The molecule has 1 aromatic heterocycles. The molecule has 2 aliphatic rings. The van der Waals surface area contributed by atoms with Gasteiger partial charge in [0.05, 0.1) is 5.69 Å². The molecule has 3 rings (SSSR count). The summed E-state index contributed by atoms with van der Waals surface area (Å²) in [6.07, 6.45) is 4.40. The molecule has 82 valence electrons. The molecular weight excluding hydrogens is 190 g/mol. The number of fused-ring (bicyclic) bond motifs is 1. The van der Waals surface area contributed by atoms with Crippen molar-refractivity contribution in [1.82, 2.24) is 15.0 Å². The summed E-state index contributed by atoms with van der Waals surface area (Å²) in [5.41, 5.74) is 1.06. The van der Waals surface area contributed by atoms with Crippen LogP contribution >= 0.6 is 0 Å². The Morgan fingerprint density at radius 1 is 1.40 bits per heavy atom. The van der Waals surface area contributed by atoms with Crippen LogP contribution < -0.4 is 0 Å². The van der Waals surface area contributed by atoms with Crippen LogP contribution in [0.15, 0.2) is 16.9 Å². The average molecular weight is 207 g/mol. The molecule has 2 fully saturated rings. The predicted octanol–water partition coefficient (Wildman–Crippen LogP) is 0.955. The number of piperazine rings is 1. The van der Waals surface area contributed by atoms with E-state index in [1.807, 2.05) is 6.07 Å².